The molecule has 100 valence electrons. The van der Waals surface area contributed by atoms with Gasteiger partial charge in [0.15, 0.2) is 0 Å². The summed E-state index contributed by atoms with van der Waals surface area (Å²) in [5.74, 6) is -0.170. The second-order valence-corrected chi connectivity index (χ2v) is 4.63. The number of ether oxygens (including phenoxy) is 1. The largest absolute Gasteiger partial charge is 0.388 e. The molecule has 4 heteroatoms. The van der Waals surface area contributed by atoms with Gasteiger partial charge in [0.2, 0.25) is 0 Å². The average Bonchev–Trinajstić information content (AvgIpc) is 2.58. The fourth-order valence-corrected chi connectivity index (χ4v) is 2.57. The molecule has 0 aromatic rings. The quantitative estimate of drug-likeness (QED) is 0.806. The van der Waals surface area contributed by atoms with Crippen LogP contribution in [0.25, 0.3) is 0 Å². The molecule has 2 N–H and O–H groups in total. The molecule has 1 aliphatic heterocycles. The number of hydrogen-bond donors (Lipinski definition) is 2. The highest BCUT2D eigenvalue weighted by Crippen LogP contribution is 2.34. The Labute approximate surface area is 107 Å². The molecule has 0 spiro atoms. The van der Waals surface area contributed by atoms with Gasteiger partial charge in [-0.2, -0.15) is 0 Å². The Balaban J connectivity index is 2.34. The zero-order valence-corrected chi connectivity index (χ0v) is 10.7. The van der Waals surface area contributed by atoms with Gasteiger partial charge in [-0.3, -0.25) is 0 Å². The molecule has 1 heterocycles. The number of halogens is 1. The Morgan fingerprint density at radius 3 is 3.11 bits per heavy atom. The summed E-state index contributed by atoms with van der Waals surface area (Å²) in [5.41, 5.74) is 0.142. The van der Waals surface area contributed by atoms with E-state index in [1.807, 2.05) is 13.0 Å². The van der Waals surface area contributed by atoms with E-state index in [-0.39, 0.29) is 5.83 Å². The van der Waals surface area contributed by atoms with Gasteiger partial charge in [0.05, 0.1) is 6.10 Å². The highest BCUT2D eigenvalue weighted by atomic mass is 19.1. The van der Waals surface area contributed by atoms with E-state index in [0.717, 1.165) is 12.1 Å². The third kappa shape index (κ3) is 2.55. The second kappa shape index (κ2) is 5.78. The summed E-state index contributed by atoms with van der Waals surface area (Å²) in [5, 5.41) is 13.4. The number of aliphatic hydroxyl groups excluding tert-OH is 1. The molecule has 1 fully saturated rings. The van der Waals surface area contributed by atoms with Gasteiger partial charge < -0.3 is 15.2 Å². The predicted molar refractivity (Wildman–Crippen MR) is 68.9 cm³/mol. The van der Waals surface area contributed by atoms with E-state index in [9.17, 15) is 9.50 Å². The Hall–Kier alpha value is -0.970. The van der Waals surface area contributed by atoms with Crippen LogP contribution in [0.2, 0.25) is 0 Å². The maximum absolute atomic E-state index is 13.2. The van der Waals surface area contributed by atoms with Crippen LogP contribution in [0.5, 0.6) is 0 Å². The van der Waals surface area contributed by atoms with Crippen LogP contribution in [0, 0.1) is 0 Å². The molecule has 0 radical (unpaired) electrons. The van der Waals surface area contributed by atoms with Gasteiger partial charge in [-0.25, -0.2) is 4.39 Å². The molecule has 2 unspecified atom stereocenters. The minimum absolute atomic E-state index is 0.170. The van der Waals surface area contributed by atoms with Crippen molar-refractivity contribution in [2.45, 2.75) is 31.5 Å². The molecule has 0 amide bonds. The van der Waals surface area contributed by atoms with Gasteiger partial charge in [-0.1, -0.05) is 18.2 Å². The minimum Gasteiger partial charge on any atom is -0.388 e. The van der Waals surface area contributed by atoms with Crippen LogP contribution in [0.4, 0.5) is 4.39 Å². The Morgan fingerprint density at radius 2 is 2.39 bits per heavy atom. The lowest BCUT2D eigenvalue weighted by Crippen LogP contribution is -2.56. The maximum Gasteiger partial charge on any atom is 0.121 e. The number of allylic oxidation sites excluding steroid dienone is 4. The van der Waals surface area contributed by atoms with Gasteiger partial charge >= 0.3 is 0 Å². The lowest BCUT2D eigenvalue weighted by molar-refractivity contribution is -0.107. The topological polar surface area (TPSA) is 41.5 Å². The van der Waals surface area contributed by atoms with Crippen molar-refractivity contribution in [3.63, 3.8) is 0 Å². The zero-order valence-electron chi connectivity index (χ0n) is 10.7. The van der Waals surface area contributed by atoms with E-state index in [4.69, 9.17) is 4.74 Å². The van der Waals surface area contributed by atoms with Gasteiger partial charge in [0.1, 0.15) is 11.4 Å². The minimum atomic E-state index is -0.711. The van der Waals surface area contributed by atoms with E-state index in [1.165, 1.54) is 6.08 Å². The van der Waals surface area contributed by atoms with E-state index in [1.54, 1.807) is 12.2 Å². The zero-order chi connectivity index (χ0) is 13.0. The molecule has 1 saturated heterocycles. The first-order chi connectivity index (χ1) is 8.69. The Bertz CT molecular complexity index is 385. The number of β-amino-alcohol motifs (C(OH)–C–C–N with tert-alkyl or cyclic N) is 1. The first kappa shape index (κ1) is 13.5. The van der Waals surface area contributed by atoms with Gasteiger partial charge in [0.25, 0.3) is 0 Å². The fraction of sp³-hybridized carbons (Fsp3) is 0.571. The smallest absolute Gasteiger partial charge is 0.121 e. The van der Waals surface area contributed by atoms with Gasteiger partial charge in [0, 0.05) is 19.6 Å². The molecule has 1 aliphatic carbocycles. The molecular formula is C14H20FNO2. The monoisotopic (exact) mass is 253 g/mol. The first-order valence-electron chi connectivity index (χ1n) is 6.45. The van der Waals surface area contributed by atoms with Gasteiger partial charge in [-0.05, 0) is 31.5 Å². The molecule has 3 nitrogen and oxygen atoms in total. The number of piperidine rings is 1. The number of hydrogen-bond acceptors (Lipinski definition) is 3. The SMILES string of the molecule is CCOC1(C2=CC=C(F)CC=C2)CCNCC1O. The van der Waals surface area contributed by atoms with Crippen molar-refractivity contribution in [3.05, 3.63) is 35.7 Å². The number of rotatable bonds is 3. The van der Waals surface area contributed by atoms with Crippen molar-refractivity contribution >= 4 is 0 Å². The molecule has 2 rings (SSSR count). The summed E-state index contributed by atoms with van der Waals surface area (Å²) in [6.07, 6.45) is 7.21. The highest BCUT2D eigenvalue weighted by Gasteiger charge is 2.43. The van der Waals surface area contributed by atoms with Crippen LogP contribution in [0.3, 0.4) is 0 Å². The molecule has 2 atom stereocenters. The highest BCUT2D eigenvalue weighted by molar-refractivity contribution is 5.38. The van der Waals surface area contributed by atoms with Crippen molar-refractivity contribution in [2.24, 2.45) is 0 Å². The van der Waals surface area contributed by atoms with E-state index < -0.39 is 11.7 Å². The molecule has 18 heavy (non-hydrogen) atoms. The summed E-state index contributed by atoms with van der Waals surface area (Å²) in [7, 11) is 0. The Morgan fingerprint density at radius 1 is 1.56 bits per heavy atom. The van der Waals surface area contributed by atoms with Crippen LogP contribution in [0.15, 0.2) is 35.7 Å². The predicted octanol–water partition coefficient (Wildman–Crippen LogP) is 1.86. The lowest BCUT2D eigenvalue weighted by atomic mass is 9.81. The molecule has 2 aliphatic rings. The van der Waals surface area contributed by atoms with Crippen molar-refractivity contribution in [1.29, 1.82) is 0 Å². The first-order valence-corrected chi connectivity index (χ1v) is 6.45. The fourth-order valence-electron chi connectivity index (χ4n) is 2.57. The standard InChI is InChI=1S/C14H20FNO2/c1-2-18-14(8-9-16-10-13(14)17)11-4-3-5-12(15)7-6-11/h3-4,6-7,13,16-17H,2,5,8-10H2,1H3. The van der Waals surface area contributed by atoms with Crippen molar-refractivity contribution < 1.29 is 14.2 Å². The summed E-state index contributed by atoms with van der Waals surface area (Å²) in [6.45, 7) is 3.72. The Kier molecular flexibility index (Phi) is 4.32. The van der Waals surface area contributed by atoms with Crippen LogP contribution in [-0.2, 0) is 4.74 Å². The summed E-state index contributed by atoms with van der Waals surface area (Å²) < 4.78 is 19.1. The average molecular weight is 253 g/mol. The van der Waals surface area contributed by atoms with Crippen molar-refractivity contribution in [2.75, 3.05) is 19.7 Å². The van der Waals surface area contributed by atoms with E-state index >= 15 is 0 Å². The molecule has 0 aromatic heterocycles. The summed E-state index contributed by atoms with van der Waals surface area (Å²) in [6, 6.07) is 0. The summed E-state index contributed by atoms with van der Waals surface area (Å²) in [4.78, 5) is 0. The third-order valence-corrected chi connectivity index (χ3v) is 3.49. The van der Waals surface area contributed by atoms with E-state index in [0.29, 0.717) is 26.0 Å². The van der Waals surface area contributed by atoms with Crippen LogP contribution < -0.4 is 5.32 Å². The molecule has 0 saturated carbocycles. The second-order valence-electron chi connectivity index (χ2n) is 4.63. The van der Waals surface area contributed by atoms with E-state index in [2.05, 4.69) is 5.32 Å². The maximum atomic E-state index is 13.2. The lowest BCUT2D eigenvalue weighted by Gasteiger charge is -2.42. The number of aliphatic hydroxyl groups is 1. The van der Waals surface area contributed by atoms with Crippen LogP contribution in [-0.4, -0.2) is 36.5 Å². The molecule has 0 aromatic carbocycles. The third-order valence-electron chi connectivity index (χ3n) is 3.49. The van der Waals surface area contributed by atoms with Gasteiger partial charge in [-0.15, -0.1) is 0 Å². The van der Waals surface area contributed by atoms with Crippen LogP contribution >= 0.6 is 0 Å². The summed E-state index contributed by atoms with van der Waals surface area (Å²) >= 11 is 0. The van der Waals surface area contributed by atoms with Crippen molar-refractivity contribution in [3.8, 4) is 0 Å². The van der Waals surface area contributed by atoms with Crippen molar-refractivity contribution in [1.82, 2.24) is 5.32 Å². The normalized spacial score (nSPS) is 32.7. The number of nitrogens with one attached hydrogen (secondary N) is 1. The molecule has 0 bridgehead atoms. The van der Waals surface area contributed by atoms with Crippen LogP contribution in [0.1, 0.15) is 19.8 Å². The molecular weight excluding hydrogens is 233 g/mol.